The molecule has 1 aromatic rings. The first-order chi connectivity index (χ1) is 9.11. The van der Waals surface area contributed by atoms with Gasteiger partial charge in [-0.3, -0.25) is 0 Å². The van der Waals surface area contributed by atoms with Crippen LogP contribution in [-0.2, 0) is 16.0 Å². The van der Waals surface area contributed by atoms with Crippen LogP contribution in [0.2, 0.25) is 0 Å². The summed E-state index contributed by atoms with van der Waals surface area (Å²) in [5.41, 5.74) is 5.07. The average Bonchev–Trinajstić information content (AvgIpc) is 2.32. The van der Waals surface area contributed by atoms with Crippen LogP contribution >= 0.6 is 11.8 Å². The second kappa shape index (κ2) is 6.82. The van der Waals surface area contributed by atoms with Gasteiger partial charge in [0.1, 0.15) is 9.84 Å². The van der Waals surface area contributed by atoms with Gasteiger partial charge < -0.3 is 5.73 Å². The lowest BCUT2D eigenvalue weighted by atomic mass is 10.0. The number of hydrogen-bond acceptors (Lipinski definition) is 4. The van der Waals surface area contributed by atoms with Gasteiger partial charge in [0.2, 0.25) is 0 Å². The molecule has 0 heterocycles. The van der Waals surface area contributed by atoms with Gasteiger partial charge in [-0.05, 0) is 11.6 Å². The maximum atomic E-state index is 12.8. The van der Waals surface area contributed by atoms with E-state index in [1.54, 1.807) is 0 Å². The molecule has 20 heavy (non-hydrogen) atoms. The predicted molar refractivity (Wildman–Crippen MR) is 75.4 cm³/mol. The topological polar surface area (TPSA) is 60.2 Å². The van der Waals surface area contributed by atoms with Crippen LogP contribution in [0.4, 0.5) is 13.2 Å². The molecule has 1 aromatic carbocycles. The number of rotatable bonds is 6. The van der Waals surface area contributed by atoms with Crippen molar-refractivity contribution in [3.05, 3.63) is 35.4 Å². The first kappa shape index (κ1) is 17.3. The molecule has 1 unspecified atom stereocenters. The Morgan fingerprint density at radius 3 is 2.45 bits per heavy atom. The van der Waals surface area contributed by atoms with Crippen LogP contribution in [0.3, 0.4) is 0 Å². The SMILES string of the molecule is CS(=O)(=O)CCSCC(N)c1ccccc1C(F)(F)F. The Kier molecular flexibility index (Phi) is 5.91. The van der Waals surface area contributed by atoms with Crippen molar-refractivity contribution < 1.29 is 21.6 Å². The molecule has 0 radical (unpaired) electrons. The van der Waals surface area contributed by atoms with Crippen molar-refractivity contribution in [1.82, 2.24) is 0 Å². The van der Waals surface area contributed by atoms with Gasteiger partial charge in [0, 0.05) is 23.8 Å². The Morgan fingerprint density at radius 2 is 1.90 bits per heavy atom. The minimum Gasteiger partial charge on any atom is -0.323 e. The zero-order valence-corrected chi connectivity index (χ0v) is 12.5. The lowest BCUT2D eigenvalue weighted by Crippen LogP contribution is -2.19. The van der Waals surface area contributed by atoms with Crippen LogP contribution in [-0.4, -0.2) is 31.9 Å². The molecule has 0 saturated carbocycles. The molecular weight excluding hydrogens is 311 g/mol. The van der Waals surface area contributed by atoms with E-state index in [4.69, 9.17) is 5.73 Å². The fourth-order valence-electron chi connectivity index (χ4n) is 1.59. The molecule has 0 aromatic heterocycles. The van der Waals surface area contributed by atoms with Crippen molar-refractivity contribution in [2.24, 2.45) is 5.73 Å². The lowest BCUT2D eigenvalue weighted by molar-refractivity contribution is -0.138. The van der Waals surface area contributed by atoms with Crippen molar-refractivity contribution in [3.8, 4) is 0 Å². The molecule has 114 valence electrons. The van der Waals surface area contributed by atoms with E-state index in [2.05, 4.69) is 0 Å². The van der Waals surface area contributed by atoms with Gasteiger partial charge in [-0.2, -0.15) is 24.9 Å². The van der Waals surface area contributed by atoms with Crippen molar-refractivity contribution in [2.75, 3.05) is 23.5 Å². The van der Waals surface area contributed by atoms with Gasteiger partial charge in [0.15, 0.2) is 0 Å². The fourth-order valence-corrected chi connectivity index (χ4v) is 3.87. The lowest BCUT2D eigenvalue weighted by Gasteiger charge is -2.17. The molecule has 0 amide bonds. The van der Waals surface area contributed by atoms with Crippen LogP contribution < -0.4 is 5.73 Å². The Bertz CT molecular complexity index is 544. The van der Waals surface area contributed by atoms with Gasteiger partial charge >= 0.3 is 6.18 Å². The minimum atomic E-state index is -4.44. The second-order valence-corrected chi connectivity index (χ2v) is 7.81. The van der Waals surface area contributed by atoms with Crippen LogP contribution in [0.5, 0.6) is 0 Å². The summed E-state index contributed by atoms with van der Waals surface area (Å²) in [5, 5.41) is 0. The maximum Gasteiger partial charge on any atom is 0.416 e. The number of nitrogens with two attached hydrogens (primary N) is 1. The first-order valence-corrected chi connectivity index (χ1v) is 9.00. The Labute approximate surface area is 120 Å². The number of alkyl halides is 3. The summed E-state index contributed by atoms with van der Waals surface area (Å²) < 4.78 is 60.3. The average molecular weight is 327 g/mol. The highest BCUT2D eigenvalue weighted by Gasteiger charge is 2.34. The summed E-state index contributed by atoms with van der Waals surface area (Å²) in [7, 11) is -3.06. The molecule has 0 aliphatic carbocycles. The van der Waals surface area contributed by atoms with Crippen LogP contribution in [0.15, 0.2) is 24.3 Å². The zero-order chi connectivity index (χ0) is 15.4. The monoisotopic (exact) mass is 327 g/mol. The molecule has 0 bridgehead atoms. The van der Waals surface area contributed by atoms with Crippen molar-refractivity contribution in [3.63, 3.8) is 0 Å². The molecular formula is C12H16F3NO2S2. The summed E-state index contributed by atoms with van der Waals surface area (Å²) in [4.78, 5) is 0. The first-order valence-electron chi connectivity index (χ1n) is 5.78. The quantitative estimate of drug-likeness (QED) is 0.816. The number of benzene rings is 1. The Hall–Kier alpha value is -0.730. The predicted octanol–water partition coefficient (Wildman–Crippen LogP) is 2.48. The third-order valence-electron chi connectivity index (χ3n) is 2.56. The van der Waals surface area contributed by atoms with Gasteiger partial charge in [0.05, 0.1) is 11.3 Å². The summed E-state index contributed by atoms with van der Waals surface area (Å²) in [6.45, 7) is 0. The molecule has 0 spiro atoms. The third-order valence-corrected chi connectivity index (χ3v) is 4.85. The summed E-state index contributed by atoms with van der Waals surface area (Å²) in [6, 6.07) is 4.39. The molecule has 1 rings (SSSR count). The van der Waals surface area contributed by atoms with E-state index in [1.165, 1.54) is 30.0 Å². The smallest absolute Gasteiger partial charge is 0.323 e. The van der Waals surface area contributed by atoms with Crippen LogP contribution in [0.1, 0.15) is 17.2 Å². The molecule has 1 atom stereocenters. The highest BCUT2D eigenvalue weighted by atomic mass is 32.2. The molecule has 0 saturated heterocycles. The van der Waals surface area contributed by atoms with Crippen molar-refractivity contribution in [2.45, 2.75) is 12.2 Å². The van der Waals surface area contributed by atoms with E-state index < -0.39 is 27.6 Å². The summed E-state index contributed by atoms with van der Waals surface area (Å²) in [6.07, 6.45) is -3.32. The van der Waals surface area contributed by atoms with Crippen LogP contribution in [0, 0.1) is 0 Å². The summed E-state index contributed by atoms with van der Waals surface area (Å²) >= 11 is 1.23. The number of halogens is 3. The maximum absolute atomic E-state index is 12.8. The standard InChI is InChI=1S/C12H16F3NO2S2/c1-20(17,18)7-6-19-8-11(16)9-4-2-3-5-10(9)12(13,14)15/h2-5,11H,6-8,16H2,1H3. The van der Waals surface area contributed by atoms with Gasteiger partial charge in [-0.1, -0.05) is 18.2 Å². The highest BCUT2D eigenvalue weighted by Crippen LogP contribution is 2.34. The minimum absolute atomic E-state index is 0.00863. The number of sulfone groups is 1. The fraction of sp³-hybridized carbons (Fsp3) is 0.500. The highest BCUT2D eigenvalue weighted by molar-refractivity contribution is 8.00. The van der Waals surface area contributed by atoms with E-state index >= 15 is 0 Å². The Balaban J connectivity index is 2.67. The van der Waals surface area contributed by atoms with Crippen molar-refractivity contribution >= 4 is 21.6 Å². The summed E-state index contributed by atoms with van der Waals surface area (Å²) in [5.74, 6) is 0.550. The zero-order valence-electron chi connectivity index (χ0n) is 10.9. The molecule has 2 N–H and O–H groups in total. The van der Waals surface area contributed by atoms with Crippen molar-refractivity contribution in [1.29, 1.82) is 0 Å². The molecule has 0 fully saturated rings. The van der Waals surface area contributed by atoms with Gasteiger partial charge in [-0.15, -0.1) is 0 Å². The van der Waals surface area contributed by atoms with Crippen LogP contribution in [0.25, 0.3) is 0 Å². The van der Waals surface area contributed by atoms with E-state index in [0.29, 0.717) is 5.75 Å². The van der Waals surface area contributed by atoms with Gasteiger partial charge in [0.25, 0.3) is 0 Å². The van der Waals surface area contributed by atoms with E-state index in [0.717, 1.165) is 12.3 Å². The molecule has 0 aliphatic heterocycles. The normalized spacial score (nSPS) is 14.2. The van der Waals surface area contributed by atoms with E-state index in [1.807, 2.05) is 0 Å². The van der Waals surface area contributed by atoms with Gasteiger partial charge in [-0.25, -0.2) is 8.42 Å². The largest absolute Gasteiger partial charge is 0.416 e. The molecule has 3 nitrogen and oxygen atoms in total. The van der Waals surface area contributed by atoms with E-state index in [-0.39, 0.29) is 17.1 Å². The van der Waals surface area contributed by atoms with E-state index in [9.17, 15) is 21.6 Å². The third kappa shape index (κ3) is 5.72. The Morgan fingerprint density at radius 1 is 1.30 bits per heavy atom. The second-order valence-electron chi connectivity index (χ2n) is 4.40. The molecule has 0 aliphatic rings. The number of thioether (sulfide) groups is 1. The molecule has 8 heteroatoms. The number of hydrogen-bond donors (Lipinski definition) is 1.